The first-order valence-corrected chi connectivity index (χ1v) is 6.29. The molecule has 7 heteroatoms. The van der Waals surface area contributed by atoms with E-state index in [9.17, 15) is 10.1 Å². The highest BCUT2D eigenvalue weighted by Crippen LogP contribution is 2.34. The average molecular weight is 284 g/mol. The van der Waals surface area contributed by atoms with E-state index in [1.807, 2.05) is 13.8 Å². The van der Waals surface area contributed by atoms with Gasteiger partial charge >= 0.3 is 5.69 Å². The minimum absolute atomic E-state index is 0.103. The van der Waals surface area contributed by atoms with E-state index in [0.717, 1.165) is 16.6 Å². The predicted octanol–water partition coefficient (Wildman–Crippen LogP) is 3.28. The Morgan fingerprint density at radius 2 is 2.00 bits per heavy atom. The van der Waals surface area contributed by atoms with Crippen LogP contribution in [0.2, 0.25) is 0 Å². The highest BCUT2D eigenvalue weighted by molar-refractivity contribution is 5.86. The number of rotatable bonds is 3. The molecule has 0 saturated heterocycles. The molecule has 0 fully saturated rings. The van der Waals surface area contributed by atoms with Crippen LogP contribution in [-0.4, -0.2) is 19.9 Å². The summed E-state index contributed by atoms with van der Waals surface area (Å²) < 4.78 is 5.67. The smallest absolute Gasteiger partial charge is 0.311 e. The van der Waals surface area contributed by atoms with Crippen LogP contribution in [0.5, 0.6) is 11.6 Å². The van der Waals surface area contributed by atoms with Crippen LogP contribution in [0.1, 0.15) is 11.3 Å². The molecule has 0 aliphatic carbocycles. The van der Waals surface area contributed by atoms with E-state index in [2.05, 4.69) is 15.0 Å². The van der Waals surface area contributed by atoms with Gasteiger partial charge in [-0.25, -0.2) is 9.97 Å². The quantitative estimate of drug-likeness (QED) is 0.588. The van der Waals surface area contributed by atoms with Gasteiger partial charge in [-0.2, -0.15) is 0 Å². The van der Waals surface area contributed by atoms with E-state index in [1.54, 1.807) is 18.2 Å². The molecule has 21 heavy (non-hydrogen) atoms. The molecule has 0 aliphatic rings. The Morgan fingerprint density at radius 3 is 2.76 bits per heavy atom. The number of nitrogens with zero attached hydrogens (tertiary/aromatic N) is 3. The third kappa shape index (κ3) is 2.18. The summed E-state index contributed by atoms with van der Waals surface area (Å²) in [6.07, 6.45) is 1.36. The van der Waals surface area contributed by atoms with Gasteiger partial charge in [-0.3, -0.25) is 10.1 Å². The lowest BCUT2D eigenvalue weighted by atomic mass is 10.2. The average Bonchev–Trinajstić information content (AvgIpc) is 2.75. The van der Waals surface area contributed by atoms with Crippen molar-refractivity contribution in [2.75, 3.05) is 0 Å². The summed E-state index contributed by atoms with van der Waals surface area (Å²) in [5.74, 6) is 0.455. The van der Waals surface area contributed by atoms with E-state index >= 15 is 0 Å². The molecule has 0 saturated carbocycles. The van der Waals surface area contributed by atoms with Crippen molar-refractivity contribution in [1.82, 2.24) is 15.0 Å². The predicted molar refractivity (Wildman–Crippen MR) is 76.5 cm³/mol. The molecule has 0 bridgehead atoms. The first-order chi connectivity index (χ1) is 10.1. The van der Waals surface area contributed by atoms with E-state index in [0.29, 0.717) is 11.5 Å². The van der Waals surface area contributed by atoms with Crippen molar-refractivity contribution in [3.8, 4) is 11.6 Å². The lowest BCUT2D eigenvalue weighted by Gasteiger charge is -2.06. The molecule has 0 spiro atoms. The van der Waals surface area contributed by atoms with Gasteiger partial charge in [-0.05, 0) is 25.5 Å². The van der Waals surface area contributed by atoms with Crippen molar-refractivity contribution in [3.05, 3.63) is 52.0 Å². The molecule has 0 unspecified atom stereocenters. The summed E-state index contributed by atoms with van der Waals surface area (Å²) in [6, 6.07) is 6.20. The maximum Gasteiger partial charge on any atom is 0.311 e. The van der Waals surface area contributed by atoms with Crippen LogP contribution in [0.15, 0.2) is 30.6 Å². The topological polar surface area (TPSA) is 93.9 Å². The third-order valence-corrected chi connectivity index (χ3v) is 3.32. The zero-order chi connectivity index (χ0) is 15.0. The van der Waals surface area contributed by atoms with Crippen LogP contribution >= 0.6 is 0 Å². The van der Waals surface area contributed by atoms with Gasteiger partial charge in [-0.15, -0.1) is 0 Å². The van der Waals surface area contributed by atoms with Crippen molar-refractivity contribution in [2.24, 2.45) is 0 Å². The van der Waals surface area contributed by atoms with Gasteiger partial charge in [0.05, 0.1) is 10.3 Å². The van der Waals surface area contributed by atoms with E-state index in [4.69, 9.17) is 4.74 Å². The molecule has 0 atom stereocenters. The first kappa shape index (κ1) is 13.0. The number of fused-ring (bicyclic) bond motifs is 1. The fourth-order valence-electron chi connectivity index (χ4n) is 2.14. The van der Waals surface area contributed by atoms with Crippen molar-refractivity contribution in [2.45, 2.75) is 13.8 Å². The maximum atomic E-state index is 11.0. The summed E-state index contributed by atoms with van der Waals surface area (Å²) in [7, 11) is 0. The second kappa shape index (κ2) is 4.86. The second-order valence-electron chi connectivity index (χ2n) is 4.60. The zero-order valence-corrected chi connectivity index (χ0v) is 11.5. The summed E-state index contributed by atoms with van der Waals surface area (Å²) in [6.45, 7) is 3.84. The van der Waals surface area contributed by atoms with Gasteiger partial charge in [0.2, 0.25) is 11.6 Å². The van der Waals surface area contributed by atoms with E-state index < -0.39 is 4.92 Å². The van der Waals surface area contributed by atoms with Gasteiger partial charge in [0, 0.05) is 11.8 Å². The van der Waals surface area contributed by atoms with Crippen molar-refractivity contribution in [3.63, 3.8) is 0 Å². The molecule has 2 aromatic heterocycles. The fraction of sp³-hybridized carbons (Fsp3) is 0.143. The van der Waals surface area contributed by atoms with Crippen LogP contribution in [0.4, 0.5) is 5.69 Å². The molecule has 0 radical (unpaired) electrons. The van der Waals surface area contributed by atoms with Crippen LogP contribution in [-0.2, 0) is 0 Å². The molecule has 1 aromatic carbocycles. The molecule has 106 valence electrons. The van der Waals surface area contributed by atoms with Crippen LogP contribution in [0.25, 0.3) is 11.0 Å². The number of ether oxygens (including phenoxy) is 1. The number of aromatic nitrogens is 3. The van der Waals surface area contributed by atoms with Crippen LogP contribution in [0.3, 0.4) is 0 Å². The molecular formula is C14H12N4O3. The Hall–Kier alpha value is -2.96. The Kier molecular flexibility index (Phi) is 3.02. The standard InChI is InChI=1S/C14H12N4O3/c1-8-9(2)17-13-12(8)14(16-7-15-13)21-11-6-4-3-5-10(11)18(19)20/h3-7H,1-2H3,(H,15,16,17). The molecule has 3 rings (SSSR count). The Bertz CT molecular complexity index is 841. The molecule has 0 amide bonds. The highest BCUT2D eigenvalue weighted by atomic mass is 16.6. The number of para-hydroxylation sites is 2. The molecule has 2 heterocycles. The Balaban J connectivity index is 2.13. The summed E-state index contributed by atoms with van der Waals surface area (Å²) >= 11 is 0. The summed E-state index contributed by atoms with van der Waals surface area (Å²) in [5.41, 5.74) is 2.46. The molecule has 1 N–H and O–H groups in total. The monoisotopic (exact) mass is 284 g/mol. The normalized spacial score (nSPS) is 10.8. The molecular weight excluding hydrogens is 272 g/mol. The lowest BCUT2D eigenvalue weighted by Crippen LogP contribution is -1.95. The number of nitro groups is 1. The maximum absolute atomic E-state index is 11.0. The van der Waals surface area contributed by atoms with Gasteiger partial charge in [0.25, 0.3) is 0 Å². The third-order valence-electron chi connectivity index (χ3n) is 3.32. The van der Waals surface area contributed by atoms with Crippen molar-refractivity contribution in [1.29, 1.82) is 0 Å². The molecule has 3 aromatic rings. The largest absolute Gasteiger partial charge is 0.431 e. The zero-order valence-electron chi connectivity index (χ0n) is 11.5. The summed E-state index contributed by atoms with van der Waals surface area (Å²) in [4.78, 5) is 21.9. The minimum atomic E-state index is -0.483. The number of hydrogen-bond donors (Lipinski definition) is 1. The van der Waals surface area contributed by atoms with Gasteiger partial charge < -0.3 is 9.72 Å². The Morgan fingerprint density at radius 1 is 1.24 bits per heavy atom. The van der Waals surface area contributed by atoms with Crippen molar-refractivity contribution >= 4 is 16.7 Å². The number of H-pyrrole nitrogens is 1. The number of aryl methyl sites for hydroxylation is 2. The number of benzene rings is 1. The fourth-order valence-corrected chi connectivity index (χ4v) is 2.14. The van der Waals surface area contributed by atoms with Crippen LogP contribution < -0.4 is 4.74 Å². The number of nitrogens with one attached hydrogen (secondary N) is 1. The van der Waals surface area contributed by atoms with Crippen LogP contribution in [0, 0.1) is 24.0 Å². The van der Waals surface area contributed by atoms with Gasteiger partial charge in [0.1, 0.15) is 12.0 Å². The number of aromatic amines is 1. The summed E-state index contributed by atoms with van der Waals surface area (Å²) in [5, 5.41) is 11.8. The lowest BCUT2D eigenvalue weighted by molar-refractivity contribution is -0.385. The molecule has 7 nitrogen and oxygen atoms in total. The number of hydrogen-bond acceptors (Lipinski definition) is 5. The Labute approximate surface area is 119 Å². The van der Waals surface area contributed by atoms with Crippen molar-refractivity contribution < 1.29 is 9.66 Å². The minimum Gasteiger partial charge on any atom is -0.431 e. The van der Waals surface area contributed by atoms with Gasteiger partial charge in [0.15, 0.2) is 0 Å². The van der Waals surface area contributed by atoms with E-state index in [-0.39, 0.29) is 11.4 Å². The highest BCUT2D eigenvalue weighted by Gasteiger charge is 2.18. The van der Waals surface area contributed by atoms with Gasteiger partial charge in [-0.1, -0.05) is 12.1 Å². The number of nitro benzene ring substituents is 1. The SMILES string of the molecule is Cc1[nH]c2ncnc(Oc3ccccc3[N+](=O)[O-])c2c1C. The first-order valence-electron chi connectivity index (χ1n) is 6.29. The second-order valence-corrected chi connectivity index (χ2v) is 4.60. The molecule has 0 aliphatic heterocycles. The van der Waals surface area contributed by atoms with E-state index in [1.165, 1.54) is 12.4 Å².